The van der Waals surface area contributed by atoms with Gasteiger partial charge in [0.1, 0.15) is 11.9 Å². The maximum absolute atomic E-state index is 6.08. The van der Waals surface area contributed by atoms with Crippen molar-refractivity contribution in [3.05, 3.63) is 24.3 Å². The molecular weight excluding hydrogens is 252 g/mol. The van der Waals surface area contributed by atoms with Gasteiger partial charge >= 0.3 is 0 Å². The third kappa shape index (κ3) is 3.25. The zero-order valence-electron chi connectivity index (χ0n) is 12.2. The van der Waals surface area contributed by atoms with Gasteiger partial charge in [-0.05, 0) is 31.5 Å². The number of nitrogens with zero attached hydrogens (tertiary/aromatic N) is 1. The van der Waals surface area contributed by atoms with Crippen LogP contribution in [0, 0.1) is 0 Å². The third-order valence-electron chi connectivity index (χ3n) is 4.10. The van der Waals surface area contributed by atoms with Gasteiger partial charge in [-0.3, -0.25) is 4.90 Å². The van der Waals surface area contributed by atoms with Crippen LogP contribution in [0.4, 0.5) is 5.69 Å². The second-order valence-electron chi connectivity index (χ2n) is 5.60. The van der Waals surface area contributed by atoms with Crippen molar-refractivity contribution in [1.29, 1.82) is 0 Å². The van der Waals surface area contributed by atoms with E-state index in [-0.39, 0.29) is 6.10 Å². The Kier molecular flexibility index (Phi) is 4.43. The number of benzene rings is 1. The van der Waals surface area contributed by atoms with Crippen molar-refractivity contribution in [3.63, 3.8) is 0 Å². The monoisotopic (exact) mass is 276 g/mol. The second kappa shape index (κ2) is 6.46. The Morgan fingerprint density at radius 2 is 2.10 bits per heavy atom. The van der Waals surface area contributed by atoms with Gasteiger partial charge in [0.25, 0.3) is 0 Å². The lowest BCUT2D eigenvalue weighted by atomic mass is 10.2. The predicted octanol–water partition coefficient (Wildman–Crippen LogP) is 2.36. The first-order valence-electron chi connectivity index (χ1n) is 7.68. The summed E-state index contributed by atoms with van der Waals surface area (Å²) in [7, 11) is 0. The van der Waals surface area contributed by atoms with Crippen molar-refractivity contribution in [3.8, 4) is 5.75 Å². The number of anilines is 1. The first-order valence-corrected chi connectivity index (χ1v) is 7.68. The minimum Gasteiger partial charge on any atom is -0.485 e. The Bertz CT molecular complexity index is 432. The van der Waals surface area contributed by atoms with E-state index < -0.39 is 0 Å². The number of likely N-dealkylation sites (N-methyl/N-ethyl adjacent to an activating group) is 1. The summed E-state index contributed by atoms with van der Waals surface area (Å²) in [6.07, 6.45) is 3.03. The van der Waals surface area contributed by atoms with Gasteiger partial charge in [0, 0.05) is 19.7 Å². The molecule has 0 aromatic heterocycles. The molecule has 0 spiro atoms. The Morgan fingerprint density at radius 3 is 2.90 bits per heavy atom. The molecule has 20 heavy (non-hydrogen) atoms. The van der Waals surface area contributed by atoms with E-state index in [9.17, 15) is 0 Å². The number of rotatable bonds is 5. The van der Waals surface area contributed by atoms with E-state index in [1.165, 1.54) is 12.8 Å². The molecule has 0 radical (unpaired) electrons. The van der Waals surface area contributed by atoms with Gasteiger partial charge in [0.2, 0.25) is 0 Å². The molecule has 1 fully saturated rings. The number of ether oxygens (including phenoxy) is 2. The van der Waals surface area contributed by atoms with Crippen LogP contribution in [-0.2, 0) is 4.74 Å². The fourth-order valence-corrected chi connectivity index (χ4v) is 2.96. The minimum atomic E-state index is 0.214. The lowest BCUT2D eigenvalue weighted by molar-refractivity contribution is 0.0583. The van der Waals surface area contributed by atoms with Gasteiger partial charge in [-0.1, -0.05) is 19.1 Å². The van der Waals surface area contributed by atoms with E-state index in [4.69, 9.17) is 9.47 Å². The molecule has 2 aliphatic heterocycles. The SMILES string of the molecule is CCN(CC1CCCO1)CC1CNc2ccccc2O1. The molecule has 2 heterocycles. The van der Waals surface area contributed by atoms with Crippen LogP contribution in [0.1, 0.15) is 19.8 Å². The van der Waals surface area contributed by atoms with Crippen molar-refractivity contribution < 1.29 is 9.47 Å². The highest BCUT2D eigenvalue weighted by Crippen LogP contribution is 2.28. The van der Waals surface area contributed by atoms with Crippen LogP contribution in [0.2, 0.25) is 0 Å². The fourth-order valence-electron chi connectivity index (χ4n) is 2.96. The van der Waals surface area contributed by atoms with E-state index in [0.717, 1.165) is 44.2 Å². The standard InChI is InChI=1S/C16H24N2O2/c1-2-18(11-13-6-5-9-19-13)12-14-10-17-15-7-3-4-8-16(15)20-14/h3-4,7-8,13-14,17H,2,5-6,9-12H2,1H3. The van der Waals surface area contributed by atoms with E-state index >= 15 is 0 Å². The quantitative estimate of drug-likeness (QED) is 0.895. The van der Waals surface area contributed by atoms with Crippen molar-refractivity contribution >= 4 is 5.69 Å². The van der Waals surface area contributed by atoms with E-state index in [2.05, 4.69) is 23.2 Å². The van der Waals surface area contributed by atoms with Gasteiger partial charge in [0.05, 0.1) is 18.3 Å². The summed E-state index contributed by atoms with van der Waals surface area (Å²) in [4.78, 5) is 2.44. The molecule has 0 saturated carbocycles. The van der Waals surface area contributed by atoms with Crippen LogP contribution >= 0.6 is 0 Å². The van der Waals surface area contributed by atoms with Gasteiger partial charge < -0.3 is 14.8 Å². The number of hydrogen-bond acceptors (Lipinski definition) is 4. The van der Waals surface area contributed by atoms with Crippen LogP contribution in [0.15, 0.2) is 24.3 Å². The van der Waals surface area contributed by atoms with Crippen LogP contribution in [0.5, 0.6) is 5.75 Å². The normalized spacial score (nSPS) is 25.1. The summed E-state index contributed by atoms with van der Waals surface area (Å²) in [6, 6.07) is 8.15. The van der Waals surface area contributed by atoms with E-state index in [0.29, 0.717) is 6.10 Å². The lowest BCUT2D eigenvalue weighted by Crippen LogP contribution is -2.44. The van der Waals surface area contributed by atoms with Gasteiger partial charge in [-0.2, -0.15) is 0 Å². The van der Waals surface area contributed by atoms with Gasteiger partial charge in [-0.25, -0.2) is 0 Å². The molecular formula is C16H24N2O2. The summed E-state index contributed by atoms with van der Waals surface area (Å²) in [5.74, 6) is 0.969. The number of fused-ring (bicyclic) bond motifs is 1. The van der Waals surface area contributed by atoms with Gasteiger partial charge in [-0.15, -0.1) is 0 Å². The number of hydrogen-bond donors (Lipinski definition) is 1. The molecule has 0 amide bonds. The molecule has 1 saturated heterocycles. The van der Waals surface area contributed by atoms with Crippen molar-refractivity contribution in [2.24, 2.45) is 0 Å². The Morgan fingerprint density at radius 1 is 1.25 bits per heavy atom. The summed E-state index contributed by atoms with van der Waals surface area (Å²) in [6.45, 7) is 7.03. The molecule has 4 heteroatoms. The lowest BCUT2D eigenvalue weighted by Gasteiger charge is -2.32. The number of para-hydroxylation sites is 2. The van der Waals surface area contributed by atoms with E-state index in [1.54, 1.807) is 0 Å². The van der Waals surface area contributed by atoms with Crippen LogP contribution in [0.25, 0.3) is 0 Å². The molecule has 1 aromatic carbocycles. The maximum atomic E-state index is 6.08. The highest BCUT2D eigenvalue weighted by molar-refractivity contribution is 5.57. The summed E-state index contributed by atoms with van der Waals surface area (Å²) >= 11 is 0. The zero-order valence-corrected chi connectivity index (χ0v) is 12.2. The zero-order chi connectivity index (χ0) is 13.8. The largest absolute Gasteiger partial charge is 0.485 e. The smallest absolute Gasteiger partial charge is 0.142 e. The highest BCUT2D eigenvalue weighted by Gasteiger charge is 2.24. The third-order valence-corrected chi connectivity index (χ3v) is 4.10. The fraction of sp³-hybridized carbons (Fsp3) is 0.625. The maximum Gasteiger partial charge on any atom is 0.142 e. The Balaban J connectivity index is 1.54. The molecule has 3 rings (SSSR count). The Hall–Kier alpha value is -1.26. The molecule has 110 valence electrons. The van der Waals surface area contributed by atoms with Crippen LogP contribution in [-0.4, -0.2) is 49.9 Å². The van der Waals surface area contributed by atoms with Gasteiger partial charge in [0.15, 0.2) is 0 Å². The first kappa shape index (κ1) is 13.7. The second-order valence-corrected chi connectivity index (χ2v) is 5.60. The summed E-state index contributed by atoms with van der Waals surface area (Å²) in [5, 5.41) is 3.45. The Labute approximate surface area is 121 Å². The summed E-state index contributed by atoms with van der Waals surface area (Å²) in [5.41, 5.74) is 1.10. The topological polar surface area (TPSA) is 33.7 Å². The summed E-state index contributed by atoms with van der Waals surface area (Å²) < 4.78 is 11.8. The van der Waals surface area contributed by atoms with Crippen molar-refractivity contribution in [2.75, 3.05) is 38.1 Å². The molecule has 2 atom stereocenters. The molecule has 1 N–H and O–H groups in total. The predicted molar refractivity (Wildman–Crippen MR) is 80.4 cm³/mol. The average Bonchev–Trinajstić information content (AvgIpc) is 2.99. The number of nitrogens with one attached hydrogen (secondary N) is 1. The minimum absolute atomic E-state index is 0.214. The average molecular weight is 276 g/mol. The van der Waals surface area contributed by atoms with Crippen molar-refractivity contribution in [2.45, 2.75) is 32.0 Å². The van der Waals surface area contributed by atoms with E-state index in [1.807, 2.05) is 18.2 Å². The molecule has 1 aromatic rings. The molecule has 2 unspecified atom stereocenters. The molecule has 4 nitrogen and oxygen atoms in total. The first-order chi connectivity index (χ1) is 9.85. The van der Waals surface area contributed by atoms with Crippen molar-refractivity contribution in [1.82, 2.24) is 4.90 Å². The van der Waals surface area contributed by atoms with Crippen LogP contribution in [0.3, 0.4) is 0 Å². The molecule has 0 aliphatic carbocycles. The van der Waals surface area contributed by atoms with Crippen LogP contribution < -0.4 is 10.1 Å². The molecule has 2 aliphatic rings. The molecule has 0 bridgehead atoms. The highest BCUT2D eigenvalue weighted by atomic mass is 16.5.